The highest BCUT2D eigenvalue weighted by Gasteiger charge is 2.61. The predicted molar refractivity (Wildman–Crippen MR) is 106 cm³/mol. The van der Waals surface area contributed by atoms with Gasteiger partial charge in [-0.1, -0.05) is 67.4 Å². The molecule has 1 heterocycles. The first kappa shape index (κ1) is 20.5. The molecule has 148 valence electrons. The maximum absolute atomic E-state index is 12.3. The van der Waals surface area contributed by atoms with Crippen molar-refractivity contribution >= 4 is 29.2 Å². The van der Waals surface area contributed by atoms with E-state index in [1.54, 1.807) is 6.08 Å². The maximum atomic E-state index is 12.3. The number of hydrogen-bond donors (Lipinski definition) is 0. The summed E-state index contributed by atoms with van der Waals surface area (Å²) in [4.78, 5) is 24.5. The molecule has 1 aliphatic carbocycles. The van der Waals surface area contributed by atoms with Crippen LogP contribution in [0.1, 0.15) is 25.2 Å². The van der Waals surface area contributed by atoms with Crippen LogP contribution < -0.4 is 10.2 Å². The molecule has 1 aliphatic rings. The molecule has 0 aliphatic heterocycles. The largest absolute Gasteiger partial charge is 0.482 e. The number of carbonyl (C=O) groups excluding carboxylic acids is 1. The number of carbonyl (C=O) groups is 1. The minimum atomic E-state index is -0.382. The summed E-state index contributed by atoms with van der Waals surface area (Å²) in [6, 6.07) is 10.7. The van der Waals surface area contributed by atoms with E-state index in [2.05, 4.69) is 0 Å². The van der Waals surface area contributed by atoms with Gasteiger partial charge in [0.1, 0.15) is 29.7 Å². The van der Waals surface area contributed by atoms with E-state index in [9.17, 15) is 9.59 Å². The molecule has 5 nitrogen and oxygen atoms in total. The number of rotatable bonds is 7. The Balaban J connectivity index is 1.56. The molecule has 0 N–H and O–H groups in total. The number of hydrogen-bond acceptors (Lipinski definition) is 5. The fourth-order valence-electron chi connectivity index (χ4n) is 3.16. The highest BCUT2D eigenvalue weighted by atomic mass is 35.5. The molecule has 1 fully saturated rings. The van der Waals surface area contributed by atoms with Crippen LogP contribution in [0.2, 0.25) is 0 Å². The van der Waals surface area contributed by atoms with Crippen LogP contribution in [0.15, 0.2) is 62.4 Å². The van der Waals surface area contributed by atoms with E-state index < -0.39 is 0 Å². The Morgan fingerprint density at radius 3 is 2.57 bits per heavy atom. The molecule has 1 aromatic heterocycles. The maximum Gasteiger partial charge on any atom is 0.310 e. The van der Waals surface area contributed by atoms with Crippen molar-refractivity contribution in [1.82, 2.24) is 0 Å². The zero-order valence-corrected chi connectivity index (χ0v) is 17.0. The number of allylic oxidation sites excluding steroid dienone is 1. The lowest BCUT2D eigenvalue weighted by Crippen LogP contribution is -2.12. The van der Waals surface area contributed by atoms with Gasteiger partial charge in [0.25, 0.3) is 0 Å². The van der Waals surface area contributed by atoms with Gasteiger partial charge in [-0.15, -0.1) is 0 Å². The highest BCUT2D eigenvalue weighted by molar-refractivity contribution is 6.55. The first-order valence-corrected chi connectivity index (χ1v) is 9.52. The van der Waals surface area contributed by atoms with Crippen LogP contribution in [-0.2, 0) is 22.7 Å². The smallest absolute Gasteiger partial charge is 0.310 e. The van der Waals surface area contributed by atoms with Crippen LogP contribution in [0, 0.1) is 17.3 Å². The van der Waals surface area contributed by atoms with E-state index in [4.69, 9.17) is 37.1 Å². The second-order valence-corrected chi connectivity index (χ2v) is 8.25. The number of benzene rings is 1. The lowest BCUT2D eigenvalue weighted by atomic mass is 10.1. The van der Waals surface area contributed by atoms with E-state index in [-0.39, 0.29) is 57.9 Å². The second kappa shape index (κ2) is 8.41. The summed E-state index contributed by atoms with van der Waals surface area (Å²) >= 11 is 11.4. The number of halogens is 2. The van der Waals surface area contributed by atoms with Crippen molar-refractivity contribution in [2.24, 2.45) is 17.3 Å². The average molecular weight is 423 g/mol. The molecule has 3 rings (SSSR count). The third-order valence-electron chi connectivity index (χ3n) is 4.92. The summed E-state index contributed by atoms with van der Waals surface area (Å²) < 4.78 is 16.3. The van der Waals surface area contributed by atoms with Crippen molar-refractivity contribution in [2.75, 3.05) is 0 Å². The van der Waals surface area contributed by atoms with E-state index in [1.165, 1.54) is 12.3 Å². The lowest BCUT2D eigenvalue weighted by molar-refractivity contribution is -0.148. The minimum absolute atomic E-state index is 0.0780. The van der Waals surface area contributed by atoms with Crippen molar-refractivity contribution in [3.05, 3.63) is 74.8 Å². The average Bonchev–Trinajstić information content (AvgIpc) is 3.19. The molecule has 0 radical (unpaired) electrons. The molecule has 0 spiro atoms. The summed E-state index contributed by atoms with van der Waals surface area (Å²) in [5, 5.41) is 0. The highest BCUT2D eigenvalue weighted by Crippen LogP contribution is 2.60. The van der Waals surface area contributed by atoms with Crippen LogP contribution >= 0.6 is 23.2 Å². The van der Waals surface area contributed by atoms with E-state index in [0.29, 0.717) is 0 Å². The molecule has 1 aromatic carbocycles. The molecule has 0 saturated heterocycles. The van der Waals surface area contributed by atoms with Crippen molar-refractivity contribution in [2.45, 2.75) is 27.1 Å². The fourth-order valence-corrected chi connectivity index (χ4v) is 3.43. The summed E-state index contributed by atoms with van der Waals surface area (Å²) in [6.45, 7) is 4.00. The van der Waals surface area contributed by atoms with Crippen LogP contribution in [0.3, 0.4) is 0 Å². The molecule has 2 atom stereocenters. The topological polar surface area (TPSA) is 65.7 Å². The van der Waals surface area contributed by atoms with Gasteiger partial charge < -0.3 is 13.9 Å². The molecular weight excluding hydrogens is 403 g/mol. The van der Waals surface area contributed by atoms with Gasteiger partial charge in [0.15, 0.2) is 0 Å². The monoisotopic (exact) mass is 422 g/mol. The third-order valence-corrected chi connectivity index (χ3v) is 5.17. The van der Waals surface area contributed by atoms with Crippen LogP contribution in [0.25, 0.3) is 0 Å². The summed E-state index contributed by atoms with van der Waals surface area (Å²) in [5.74, 6) is -0.450. The zero-order valence-electron chi connectivity index (χ0n) is 15.5. The molecule has 1 saturated carbocycles. The summed E-state index contributed by atoms with van der Waals surface area (Å²) in [5.41, 5.74) is 0.324. The normalized spacial score (nSPS) is 19.6. The standard InChI is InChI=1S/C21H20Cl2O5/c1-21(2)15(9-18(22)23)19(21)20(25)28-11-14-8-16(24)17(12-26-14)27-10-13-6-4-3-5-7-13/h3-9,12,15,19H,10-11H2,1-2H3. The molecule has 2 aromatic rings. The van der Waals surface area contributed by atoms with Gasteiger partial charge in [-0.2, -0.15) is 0 Å². The Morgan fingerprint density at radius 2 is 1.93 bits per heavy atom. The van der Waals surface area contributed by atoms with Gasteiger partial charge in [-0.25, -0.2) is 0 Å². The lowest BCUT2D eigenvalue weighted by Gasteiger charge is -2.07. The Morgan fingerprint density at radius 1 is 1.21 bits per heavy atom. The molecule has 28 heavy (non-hydrogen) atoms. The molecular formula is C21H20Cl2O5. The van der Waals surface area contributed by atoms with Gasteiger partial charge in [0, 0.05) is 6.07 Å². The van der Waals surface area contributed by atoms with Crippen LogP contribution in [0.5, 0.6) is 5.75 Å². The van der Waals surface area contributed by atoms with Crippen molar-refractivity contribution in [1.29, 1.82) is 0 Å². The Labute approximate surface area is 172 Å². The van der Waals surface area contributed by atoms with E-state index in [0.717, 1.165) is 5.56 Å². The molecule has 0 amide bonds. The van der Waals surface area contributed by atoms with Crippen molar-refractivity contribution in [3.8, 4) is 5.75 Å². The zero-order chi connectivity index (χ0) is 20.3. The Kier molecular flexibility index (Phi) is 6.16. The molecule has 0 bridgehead atoms. The van der Waals surface area contributed by atoms with Gasteiger partial charge in [0.05, 0.1) is 5.92 Å². The van der Waals surface area contributed by atoms with Gasteiger partial charge in [-0.3, -0.25) is 9.59 Å². The van der Waals surface area contributed by atoms with Crippen LogP contribution in [0.4, 0.5) is 0 Å². The predicted octanol–water partition coefficient (Wildman–Crippen LogP) is 4.85. The van der Waals surface area contributed by atoms with Gasteiger partial charge >= 0.3 is 5.97 Å². The van der Waals surface area contributed by atoms with E-state index >= 15 is 0 Å². The first-order chi connectivity index (χ1) is 13.3. The minimum Gasteiger partial charge on any atom is -0.482 e. The van der Waals surface area contributed by atoms with Gasteiger partial charge in [-0.05, 0) is 23.0 Å². The fraction of sp³-hybridized carbons (Fsp3) is 0.333. The second-order valence-electron chi connectivity index (χ2n) is 7.24. The SMILES string of the molecule is CC1(C)C(C=C(Cl)Cl)C1C(=O)OCc1cc(=O)c(OCc2ccccc2)co1. The van der Waals surface area contributed by atoms with Crippen molar-refractivity contribution in [3.63, 3.8) is 0 Å². The quantitative estimate of drug-likeness (QED) is 0.596. The Hall–Kier alpha value is -2.24. The Bertz CT molecular complexity index is 929. The number of ether oxygens (including phenoxy) is 2. The van der Waals surface area contributed by atoms with Crippen molar-refractivity contribution < 1.29 is 18.7 Å². The summed E-state index contributed by atoms with van der Waals surface area (Å²) in [6.07, 6.45) is 2.88. The van der Waals surface area contributed by atoms with Crippen LogP contribution in [-0.4, -0.2) is 5.97 Å². The third kappa shape index (κ3) is 4.78. The number of esters is 1. The summed E-state index contributed by atoms with van der Waals surface area (Å²) in [7, 11) is 0. The van der Waals surface area contributed by atoms with E-state index in [1.807, 2.05) is 44.2 Å². The molecule has 2 unspecified atom stereocenters. The molecule has 7 heteroatoms. The van der Waals surface area contributed by atoms with Gasteiger partial charge in [0.2, 0.25) is 11.2 Å². The first-order valence-electron chi connectivity index (χ1n) is 8.77.